The number of aromatic nitrogens is 3. The molecule has 2 aromatic carbocycles. The van der Waals surface area contributed by atoms with Gasteiger partial charge in [0.15, 0.2) is 5.65 Å². The van der Waals surface area contributed by atoms with Crippen LogP contribution in [-0.4, -0.2) is 20.7 Å². The maximum atomic E-state index is 13.1. The molecule has 0 aliphatic carbocycles. The zero-order chi connectivity index (χ0) is 19.7. The maximum Gasteiger partial charge on any atom is 0.252 e. The number of fused-ring (bicyclic) bond motifs is 1. The number of para-hydroxylation sites is 1. The van der Waals surface area contributed by atoms with Gasteiger partial charge >= 0.3 is 0 Å². The van der Waals surface area contributed by atoms with E-state index < -0.39 is 0 Å². The Morgan fingerprint density at radius 2 is 1.64 bits per heavy atom. The van der Waals surface area contributed by atoms with Crippen LogP contribution in [0.5, 0.6) is 0 Å². The Morgan fingerprint density at radius 3 is 2.32 bits per heavy atom. The van der Waals surface area contributed by atoms with Gasteiger partial charge in [-0.05, 0) is 44.5 Å². The molecule has 2 aromatic heterocycles. The number of carbonyl (C=O) groups excluding carboxylic acids is 1. The third kappa shape index (κ3) is 3.27. The molecule has 140 valence electrons. The van der Waals surface area contributed by atoms with Crippen molar-refractivity contribution in [1.29, 1.82) is 0 Å². The lowest BCUT2D eigenvalue weighted by atomic mass is 10.1. The zero-order valence-corrected chi connectivity index (χ0v) is 16.2. The Balaban J connectivity index is 1.77. The van der Waals surface area contributed by atoms with Gasteiger partial charge < -0.3 is 5.32 Å². The van der Waals surface area contributed by atoms with Gasteiger partial charge in [-0.25, -0.2) is 9.67 Å². The van der Waals surface area contributed by atoms with Gasteiger partial charge in [-0.15, -0.1) is 0 Å². The summed E-state index contributed by atoms with van der Waals surface area (Å²) in [5.41, 5.74) is 4.84. The molecule has 0 radical (unpaired) electrons. The minimum atomic E-state index is -0.123. The summed E-state index contributed by atoms with van der Waals surface area (Å²) in [5.74, 6) is -0.123. The second-order valence-corrected chi connectivity index (χ2v) is 6.95. The Bertz CT molecular complexity index is 1130. The van der Waals surface area contributed by atoms with E-state index in [1.807, 2.05) is 87.5 Å². The van der Waals surface area contributed by atoms with Crippen molar-refractivity contribution in [3.8, 4) is 5.69 Å². The monoisotopic (exact) mass is 370 g/mol. The lowest BCUT2D eigenvalue weighted by Gasteiger charge is -2.15. The third-order valence-corrected chi connectivity index (χ3v) is 4.83. The Labute approximate surface area is 164 Å². The Kier molecular flexibility index (Phi) is 4.65. The van der Waals surface area contributed by atoms with Crippen molar-refractivity contribution < 1.29 is 4.79 Å². The van der Waals surface area contributed by atoms with Crippen molar-refractivity contribution in [3.63, 3.8) is 0 Å². The van der Waals surface area contributed by atoms with Crippen LogP contribution in [0.4, 0.5) is 0 Å². The molecule has 0 unspecified atom stereocenters. The number of nitrogens with zero attached hydrogens (tertiary/aromatic N) is 3. The predicted octanol–water partition coefficient (Wildman–Crippen LogP) is 4.53. The maximum absolute atomic E-state index is 13.1. The summed E-state index contributed by atoms with van der Waals surface area (Å²) in [4.78, 5) is 17.8. The minimum Gasteiger partial charge on any atom is -0.345 e. The number of hydrogen-bond donors (Lipinski definition) is 1. The molecule has 0 fully saturated rings. The number of carbonyl (C=O) groups is 1. The van der Waals surface area contributed by atoms with E-state index in [1.165, 1.54) is 0 Å². The van der Waals surface area contributed by atoms with Crippen LogP contribution in [0, 0.1) is 13.8 Å². The first-order valence-corrected chi connectivity index (χ1v) is 9.33. The number of rotatable bonds is 4. The molecule has 4 rings (SSSR count). The van der Waals surface area contributed by atoms with Crippen molar-refractivity contribution in [1.82, 2.24) is 20.1 Å². The average Bonchev–Trinajstić information content (AvgIpc) is 3.05. The van der Waals surface area contributed by atoms with Crippen LogP contribution in [-0.2, 0) is 0 Å². The minimum absolute atomic E-state index is 0.0957. The fourth-order valence-corrected chi connectivity index (χ4v) is 3.44. The molecule has 0 saturated carbocycles. The number of hydrogen-bond acceptors (Lipinski definition) is 3. The number of nitrogens with one attached hydrogen (secondary N) is 1. The number of amides is 1. The highest BCUT2D eigenvalue weighted by molar-refractivity contribution is 6.07. The van der Waals surface area contributed by atoms with Crippen molar-refractivity contribution in [2.24, 2.45) is 0 Å². The van der Waals surface area contributed by atoms with Gasteiger partial charge in [0.05, 0.1) is 28.4 Å². The van der Waals surface area contributed by atoms with Crippen molar-refractivity contribution in [2.45, 2.75) is 26.8 Å². The topological polar surface area (TPSA) is 59.8 Å². The summed E-state index contributed by atoms with van der Waals surface area (Å²) in [6, 6.07) is 21.5. The molecule has 5 nitrogen and oxygen atoms in total. The second-order valence-electron chi connectivity index (χ2n) is 6.95. The van der Waals surface area contributed by atoms with E-state index in [1.54, 1.807) is 4.68 Å². The summed E-state index contributed by atoms with van der Waals surface area (Å²) in [6.07, 6.45) is 0. The molecule has 0 aliphatic rings. The number of aryl methyl sites for hydroxylation is 2. The summed E-state index contributed by atoms with van der Waals surface area (Å²) in [7, 11) is 0. The molecule has 4 aromatic rings. The molecular weight excluding hydrogens is 348 g/mol. The van der Waals surface area contributed by atoms with Gasteiger partial charge in [-0.1, -0.05) is 48.5 Å². The quantitative estimate of drug-likeness (QED) is 0.574. The highest BCUT2D eigenvalue weighted by Crippen LogP contribution is 2.25. The fourth-order valence-electron chi connectivity index (χ4n) is 3.44. The van der Waals surface area contributed by atoms with Gasteiger partial charge in [0.25, 0.3) is 5.91 Å². The fraction of sp³-hybridized carbons (Fsp3) is 0.174. The molecule has 1 atom stereocenters. The van der Waals surface area contributed by atoms with E-state index in [0.717, 1.165) is 28.0 Å². The van der Waals surface area contributed by atoms with E-state index in [-0.39, 0.29) is 11.9 Å². The van der Waals surface area contributed by atoms with Gasteiger partial charge in [0.2, 0.25) is 0 Å². The molecule has 2 heterocycles. The van der Waals surface area contributed by atoms with E-state index in [9.17, 15) is 4.79 Å². The predicted molar refractivity (Wildman–Crippen MR) is 111 cm³/mol. The SMILES string of the molecule is Cc1cc(C(=O)N[C@H](C)c2ccccc2)c2c(C)nn(-c3ccccc3)c2n1. The summed E-state index contributed by atoms with van der Waals surface area (Å²) in [5, 5.41) is 8.54. The summed E-state index contributed by atoms with van der Waals surface area (Å²) < 4.78 is 1.80. The Hall–Kier alpha value is -3.47. The van der Waals surface area contributed by atoms with Crippen LogP contribution >= 0.6 is 0 Å². The Morgan fingerprint density at radius 1 is 1.00 bits per heavy atom. The summed E-state index contributed by atoms with van der Waals surface area (Å²) >= 11 is 0. The van der Waals surface area contributed by atoms with Gasteiger partial charge in [-0.2, -0.15) is 5.10 Å². The normalized spacial score (nSPS) is 12.1. The van der Waals surface area contributed by atoms with Crippen LogP contribution in [0.1, 0.15) is 40.3 Å². The molecule has 1 N–H and O–H groups in total. The number of benzene rings is 2. The van der Waals surface area contributed by atoms with Crippen molar-refractivity contribution in [3.05, 3.63) is 89.2 Å². The van der Waals surface area contributed by atoms with Crippen molar-refractivity contribution in [2.75, 3.05) is 0 Å². The second kappa shape index (κ2) is 7.27. The first kappa shape index (κ1) is 17.9. The zero-order valence-electron chi connectivity index (χ0n) is 16.2. The standard InChI is InChI=1S/C23H22N4O/c1-15-14-20(23(28)25-16(2)18-10-6-4-7-11-18)21-17(3)26-27(22(21)24-15)19-12-8-5-9-13-19/h4-14,16H,1-3H3,(H,25,28)/t16-/m1/s1. The van der Waals surface area contributed by atoms with Crippen LogP contribution in [0.15, 0.2) is 66.7 Å². The molecule has 0 bridgehead atoms. The molecular formula is C23H22N4O. The van der Waals surface area contributed by atoms with E-state index in [4.69, 9.17) is 0 Å². The van der Waals surface area contributed by atoms with Crippen LogP contribution < -0.4 is 5.32 Å². The first-order valence-electron chi connectivity index (χ1n) is 9.33. The molecule has 28 heavy (non-hydrogen) atoms. The first-order chi connectivity index (χ1) is 13.5. The average molecular weight is 370 g/mol. The lowest BCUT2D eigenvalue weighted by Crippen LogP contribution is -2.27. The van der Waals surface area contributed by atoms with Crippen molar-refractivity contribution >= 4 is 16.9 Å². The van der Waals surface area contributed by atoms with E-state index >= 15 is 0 Å². The lowest BCUT2D eigenvalue weighted by molar-refractivity contribution is 0.0941. The van der Waals surface area contributed by atoms with E-state index in [2.05, 4.69) is 15.4 Å². The highest BCUT2D eigenvalue weighted by atomic mass is 16.1. The van der Waals surface area contributed by atoms with Crippen LogP contribution in [0.3, 0.4) is 0 Å². The van der Waals surface area contributed by atoms with Gasteiger partial charge in [0, 0.05) is 5.69 Å². The molecule has 0 saturated heterocycles. The van der Waals surface area contributed by atoms with Crippen LogP contribution in [0.25, 0.3) is 16.7 Å². The molecule has 0 aliphatic heterocycles. The van der Waals surface area contributed by atoms with Gasteiger partial charge in [-0.3, -0.25) is 4.79 Å². The van der Waals surface area contributed by atoms with E-state index in [0.29, 0.717) is 11.2 Å². The molecule has 1 amide bonds. The highest BCUT2D eigenvalue weighted by Gasteiger charge is 2.20. The largest absolute Gasteiger partial charge is 0.345 e. The number of pyridine rings is 1. The molecule has 5 heteroatoms. The molecule has 0 spiro atoms. The summed E-state index contributed by atoms with van der Waals surface area (Å²) in [6.45, 7) is 5.80. The van der Waals surface area contributed by atoms with Gasteiger partial charge in [0.1, 0.15) is 0 Å². The van der Waals surface area contributed by atoms with Crippen LogP contribution in [0.2, 0.25) is 0 Å². The third-order valence-electron chi connectivity index (χ3n) is 4.83. The smallest absolute Gasteiger partial charge is 0.252 e.